The molecule has 2 fully saturated rings. The summed E-state index contributed by atoms with van der Waals surface area (Å²) in [4.78, 5) is 13.1. The summed E-state index contributed by atoms with van der Waals surface area (Å²) < 4.78 is 22.5. The predicted octanol–water partition coefficient (Wildman–Crippen LogP) is 5.82. The van der Waals surface area contributed by atoms with Crippen LogP contribution in [-0.4, -0.2) is 140 Å². The number of allylic oxidation sites excluding steroid dienone is 13. The molecule has 14 heteroatoms. The maximum absolute atomic E-state index is 13.1. The first-order chi connectivity index (χ1) is 31.6. The standard InChI is InChI=1S/C51H85NO13/c1-3-5-7-9-11-12-13-14-15-16-17-18-19-20-21-22-23-24-25-26-27-28-29-31-33-35-43(56)52-39(40(55)34-32-30-10-8-6-4-2)38-62-50-48(61)46(59)49(42(37-54)64-50)65-51-47(60)45(58)44(57)41(36-53)63-51/h5,7,11-12,14-15,17-18,20-21,23-24,32,34,39-42,44-51,53-55,57-61H,3-4,6,8-10,13,16,19,22,25-31,33,35-38H2,1-2H3,(H,52,56)/b7-5-,12-11-,15-14-,18-17-,21-20-,24-23-,34-32+. The number of aliphatic hydroxyl groups excluding tert-OH is 8. The van der Waals surface area contributed by atoms with Gasteiger partial charge in [-0.2, -0.15) is 0 Å². The monoisotopic (exact) mass is 920 g/mol. The van der Waals surface area contributed by atoms with E-state index >= 15 is 0 Å². The van der Waals surface area contributed by atoms with Crippen LogP contribution in [0.4, 0.5) is 0 Å². The summed E-state index contributed by atoms with van der Waals surface area (Å²) in [5, 5.41) is 86.2. The van der Waals surface area contributed by atoms with Crippen molar-refractivity contribution < 1.29 is 64.6 Å². The molecule has 372 valence electrons. The van der Waals surface area contributed by atoms with E-state index in [-0.39, 0.29) is 18.9 Å². The zero-order chi connectivity index (χ0) is 47.5. The lowest BCUT2D eigenvalue weighted by Crippen LogP contribution is -2.65. The van der Waals surface area contributed by atoms with Gasteiger partial charge < -0.3 is 65.1 Å². The molecule has 14 nitrogen and oxygen atoms in total. The number of unbranched alkanes of at least 4 members (excludes halogenated alkanes) is 10. The van der Waals surface area contributed by atoms with Crippen LogP contribution in [0.15, 0.2) is 85.1 Å². The number of carbonyl (C=O) groups excluding carboxylic acids is 1. The molecule has 0 saturated carbocycles. The van der Waals surface area contributed by atoms with Crippen molar-refractivity contribution in [3.63, 3.8) is 0 Å². The maximum Gasteiger partial charge on any atom is 0.220 e. The van der Waals surface area contributed by atoms with E-state index in [9.17, 15) is 45.6 Å². The Morgan fingerprint density at radius 3 is 1.63 bits per heavy atom. The number of amides is 1. The second-order valence-electron chi connectivity index (χ2n) is 16.9. The lowest BCUT2D eigenvalue weighted by Gasteiger charge is -2.46. The molecule has 65 heavy (non-hydrogen) atoms. The van der Waals surface area contributed by atoms with Crippen LogP contribution in [0.5, 0.6) is 0 Å². The first-order valence-electron chi connectivity index (χ1n) is 24.3. The van der Waals surface area contributed by atoms with Crippen LogP contribution >= 0.6 is 0 Å². The summed E-state index contributed by atoms with van der Waals surface area (Å²) in [5.41, 5.74) is 0. The van der Waals surface area contributed by atoms with E-state index in [4.69, 9.17) is 18.9 Å². The molecule has 2 aliphatic rings. The SMILES string of the molecule is CC/C=C\C/C=C\C/C=C\C/C=C\C/C=C\C/C=C\CCCCCCCCC(=O)NC(COC1OC(CO)C(OC2OC(CO)C(O)C(O)C2O)C(O)C1O)C(O)/C=C/CCCCCC. The largest absolute Gasteiger partial charge is 0.394 e. The minimum absolute atomic E-state index is 0.257. The van der Waals surface area contributed by atoms with E-state index in [1.807, 2.05) is 6.08 Å². The van der Waals surface area contributed by atoms with Crippen LogP contribution in [0.2, 0.25) is 0 Å². The van der Waals surface area contributed by atoms with Crippen LogP contribution in [0, 0.1) is 0 Å². The third kappa shape index (κ3) is 24.7. The fraction of sp³-hybridized carbons (Fsp3) is 0.706. The molecule has 0 spiro atoms. The normalized spacial score (nSPS) is 27.8. The van der Waals surface area contributed by atoms with Gasteiger partial charge in [0.1, 0.15) is 48.8 Å². The van der Waals surface area contributed by atoms with Gasteiger partial charge in [0.2, 0.25) is 5.91 Å². The molecule has 0 aromatic heterocycles. The van der Waals surface area contributed by atoms with Crippen LogP contribution in [0.1, 0.15) is 136 Å². The molecule has 2 rings (SSSR count). The molecule has 0 aromatic carbocycles. The number of hydrogen-bond acceptors (Lipinski definition) is 13. The van der Waals surface area contributed by atoms with Gasteiger partial charge in [-0.1, -0.05) is 144 Å². The number of rotatable bonds is 35. The third-order valence-electron chi connectivity index (χ3n) is 11.3. The van der Waals surface area contributed by atoms with Crippen molar-refractivity contribution in [1.29, 1.82) is 0 Å². The van der Waals surface area contributed by atoms with Crippen molar-refractivity contribution in [1.82, 2.24) is 5.32 Å². The Balaban J connectivity index is 1.73. The minimum atomic E-state index is -1.79. The molecule has 0 radical (unpaired) electrons. The van der Waals surface area contributed by atoms with E-state index in [1.54, 1.807) is 6.08 Å². The number of hydrogen-bond donors (Lipinski definition) is 9. The molecule has 0 aromatic rings. The Labute approximate surface area is 389 Å². The smallest absolute Gasteiger partial charge is 0.220 e. The topological polar surface area (TPSA) is 228 Å². The summed E-state index contributed by atoms with van der Waals surface area (Å²) in [5.74, 6) is -0.266. The fourth-order valence-electron chi connectivity index (χ4n) is 7.35. The van der Waals surface area contributed by atoms with Crippen LogP contribution in [-0.2, 0) is 23.7 Å². The number of nitrogens with one attached hydrogen (secondary N) is 1. The van der Waals surface area contributed by atoms with Gasteiger partial charge in [0.05, 0.1) is 32.0 Å². The lowest BCUT2D eigenvalue weighted by molar-refractivity contribution is -0.359. The van der Waals surface area contributed by atoms with Crippen LogP contribution in [0.3, 0.4) is 0 Å². The zero-order valence-corrected chi connectivity index (χ0v) is 39.2. The second-order valence-corrected chi connectivity index (χ2v) is 16.9. The molecule has 2 aliphatic heterocycles. The highest BCUT2D eigenvalue weighted by Crippen LogP contribution is 2.30. The Morgan fingerprint density at radius 1 is 0.569 bits per heavy atom. The van der Waals surface area contributed by atoms with Gasteiger partial charge in [0.25, 0.3) is 0 Å². The lowest BCUT2D eigenvalue weighted by atomic mass is 9.97. The Kier molecular flexibility index (Phi) is 33.4. The summed E-state index contributed by atoms with van der Waals surface area (Å²) in [7, 11) is 0. The quantitative estimate of drug-likeness (QED) is 0.0270. The van der Waals surface area contributed by atoms with Crippen LogP contribution < -0.4 is 5.32 Å². The molecule has 9 N–H and O–H groups in total. The molecular formula is C51H85NO13. The van der Waals surface area contributed by atoms with Crippen molar-refractivity contribution in [3.05, 3.63) is 85.1 Å². The van der Waals surface area contributed by atoms with Gasteiger partial charge in [-0.05, 0) is 70.6 Å². The van der Waals surface area contributed by atoms with E-state index in [0.29, 0.717) is 6.42 Å². The van der Waals surface area contributed by atoms with Crippen molar-refractivity contribution in [2.45, 2.75) is 209 Å². The molecule has 0 aliphatic carbocycles. The highest BCUT2D eigenvalue weighted by molar-refractivity contribution is 5.76. The fourth-order valence-corrected chi connectivity index (χ4v) is 7.35. The average molecular weight is 920 g/mol. The highest BCUT2D eigenvalue weighted by atomic mass is 16.7. The van der Waals surface area contributed by atoms with Gasteiger partial charge in [-0.15, -0.1) is 0 Å². The number of carbonyl (C=O) groups is 1. The van der Waals surface area contributed by atoms with Gasteiger partial charge in [-0.3, -0.25) is 4.79 Å². The highest BCUT2D eigenvalue weighted by Gasteiger charge is 2.51. The van der Waals surface area contributed by atoms with Crippen molar-refractivity contribution in [2.24, 2.45) is 0 Å². The van der Waals surface area contributed by atoms with Gasteiger partial charge in [0.15, 0.2) is 12.6 Å². The summed E-state index contributed by atoms with van der Waals surface area (Å²) in [6, 6.07) is -0.924. The molecule has 12 atom stereocenters. The molecule has 0 bridgehead atoms. The van der Waals surface area contributed by atoms with Gasteiger partial charge >= 0.3 is 0 Å². The van der Waals surface area contributed by atoms with E-state index < -0.39 is 86.8 Å². The summed E-state index contributed by atoms with van der Waals surface area (Å²) in [6.45, 7) is 2.53. The molecule has 12 unspecified atom stereocenters. The first-order valence-corrected chi connectivity index (χ1v) is 24.3. The average Bonchev–Trinajstić information content (AvgIpc) is 3.30. The Hall–Kier alpha value is -2.83. The number of ether oxygens (including phenoxy) is 4. The second kappa shape index (κ2) is 37.2. The molecular weight excluding hydrogens is 835 g/mol. The van der Waals surface area contributed by atoms with Crippen molar-refractivity contribution >= 4 is 5.91 Å². The molecule has 2 heterocycles. The van der Waals surface area contributed by atoms with Gasteiger partial charge in [-0.25, -0.2) is 0 Å². The summed E-state index contributed by atoms with van der Waals surface area (Å²) >= 11 is 0. The third-order valence-corrected chi connectivity index (χ3v) is 11.3. The molecule has 1 amide bonds. The predicted molar refractivity (Wildman–Crippen MR) is 253 cm³/mol. The van der Waals surface area contributed by atoms with Gasteiger partial charge in [0, 0.05) is 6.42 Å². The van der Waals surface area contributed by atoms with E-state index in [2.05, 4.69) is 92.1 Å². The first kappa shape index (κ1) is 58.3. The van der Waals surface area contributed by atoms with E-state index in [1.165, 1.54) is 0 Å². The van der Waals surface area contributed by atoms with Crippen LogP contribution in [0.25, 0.3) is 0 Å². The Bertz CT molecular complexity index is 1410. The zero-order valence-electron chi connectivity index (χ0n) is 39.2. The Morgan fingerprint density at radius 2 is 1.06 bits per heavy atom. The molecule has 2 saturated heterocycles. The van der Waals surface area contributed by atoms with Crippen molar-refractivity contribution in [3.8, 4) is 0 Å². The summed E-state index contributed by atoms with van der Waals surface area (Å²) in [6.07, 6.45) is 31.0. The number of aliphatic hydroxyl groups is 8. The maximum atomic E-state index is 13.1. The minimum Gasteiger partial charge on any atom is -0.394 e. The van der Waals surface area contributed by atoms with E-state index in [0.717, 1.165) is 109 Å². The van der Waals surface area contributed by atoms with Crippen molar-refractivity contribution in [2.75, 3.05) is 19.8 Å².